The number of carbonyl (C=O) groups is 2. The molecule has 1 atom stereocenters. The Morgan fingerprint density at radius 3 is 2.81 bits per heavy atom. The zero-order chi connectivity index (χ0) is 25.2. The number of hydrogen-bond acceptors (Lipinski definition) is 5. The van der Waals surface area contributed by atoms with Gasteiger partial charge >= 0.3 is 0 Å². The smallest absolute Gasteiger partial charge is 0.270 e. The fraction of sp³-hybridized carbons (Fsp3) is 0.393. The van der Waals surface area contributed by atoms with Crippen LogP contribution in [0.1, 0.15) is 64.9 Å². The number of nitrogens with one attached hydrogen (secondary N) is 1. The summed E-state index contributed by atoms with van der Waals surface area (Å²) in [6.07, 6.45) is 2.60. The molecule has 0 unspecified atom stereocenters. The molecule has 1 aliphatic carbocycles. The second-order valence-electron chi connectivity index (χ2n) is 9.89. The van der Waals surface area contributed by atoms with Gasteiger partial charge in [0, 0.05) is 24.4 Å². The van der Waals surface area contributed by atoms with Crippen molar-refractivity contribution in [2.24, 2.45) is 11.8 Å². The van der Waals surface area contributed by atoms with Crippen LogP contribution in [0.25, 0.3) is 0 Å². The monoisotopic (exact) mass is 507 g/mol. The standard InChI is InChI=1S/C28H30FN3O3S/c1-17(2)14-30-27(33)24-16-36-25(31-24)15-35-22-9-8-18-10-11-32(28(34)19-6-7-19)26(23(18)13-22)20-4-3-5-21(29)12-20/h3-5,8-9,12-13,16-17,19,26H,6-7,10-11,14-15H2,1-2H3,(H,30,33)/t26-/m1/s1. The Kier molecular flexibility index (Phi) is 7.05. The highest BCUT2D eigenvalue weighted by atomic mass is 32.1. The van der Waals surface area contributed by atoms with Crippen LogP contribution >= 0.6 is 11.3 Å². The van der Waals surface area contributed by atoms with Crippen molar-refractivity contribution in [2.75, 3.05) is 13.1 Å². The van der Waals surface area contributed by atoms with Crippen molar-refractivity contribution in [3.63, 3.8) is 0 Å². The number of hydrogen-bond donors (Lipinski definition) is 1. The summed E-state index contributed by atoms with van der Waals surface area (Å²) in [6.45, 7) is 5.53. The summed E-state index contributed by atoms with van der Waals surface area (Å²) >= 11 is 1.38. The van der Waals surface area contributed by atoms with E-state index in [2.05, 4.69) is 10.3 Å². The zero-order valence-electron chi connectivity index (χ0n) is 20.5. The van der Waals surface area contributed by atoms with Crippen molar-refractivity contribution in [3.05, 3.63) is 81.1 Å². The van der Waals surface area contributed by atoms with Crippen LogP contribution in [0.4, 0.5) is 4.39 Å². The summed E-state index contributed by atoms with van der Waals surface area (Å²) in [7, 11) is 0. The molecule has 0 saturated heterocycles. The van der Waals surface area contributed by atoms with E-state index in [-0.39, 0.29) is 36.2 Å². The summed E-state index contributed by atoms with van der Waals surface area (Å²) in [6, 6.07) is 12.1. The van der Waals surface area contributed by atoms with E-state index >= 15 is 0 Å². The van der Waals surface area contributed by atoms with Crippen molar-refractivity contribution in [1.82, 2.24) is 15.2 Å². The van der Waals surface area contributed by atoms with E-state index in [9.17, 15) is 14.0 Å². The predicted molar refractivity (Wildman–Crippen MR) is 136 cm³/mol. The fourth-order valence-electron chi connectivity index (χ4n) is 4.54. The first-order chi connectivity index (χ1) is 17.4. The molecule has 1 saturated carbocycles. The number of nitrogens with zero attached hydrogens (tertiary/aromatic N) is 2. The van der Waals surface area contributed by atoms with E-state index in [1.54, 1.807) is 11.4 Å². The molecule has 36 heavy (non-hydrogen) atoms. The Labute approximate surface area is 214 Å². The number of ether oxygens (including phenoxy) is 1. The van der Waals surface area contributed by atoms with Gasteiger partial charge in [-0.3, -0.25) is 9.59 Å². The molecule has 2 aliphatic rings. The van der Waals surface area contributed by atoms with Crippen molar-refractivity contribution in [3.8, 4) is 5.75 Å². The molecule has 1 fully saturated rings. The molecule has 0 bridgehead atoms. The normalized spacial score (nSPS) is 17.1. The molecule has 0 radical (unpaired) electrons. The maximum atomic E-state index is 14.2. The number of halogens is 1. The first kappa shape index (κ1) is 24.4. The zero-order valence-corrected chi connectivity index (χ0v) is 21.3. The maximum absolute atomic E-state index is 14.2. The van der Waals surface area contributed by atoms with Crippen molar-refractivity contribution >= 4 is 23.2 Å². The van der Waals surface area contributed by atoms with E-state index in [0.29, 0.717) is 35.5 Å². The summed E-state index contributed by atoms with van der Waals surface area (Å²) in [4.78, 5) is 31.7. The summed E-state index contributed by atoms with van der Waals surface area (Å²) in [5.74, 6) is 0.746. The Morgan fingerprint density at radius 2 is 2.06 bits per heavy atom. The third-order valence-corrected chi connectivity index (χ3v) is 7.36. The third-order valence-electron chi connectivity index (χ3n) is 6.54. The van der Waals surface area contributed by atoms with Crippen LogP contribution in [0, 0.1) is 17.7 Å². The van der Waals surface area contributed by atoms with Crippen LogP contribution in [-0.2, 0) is 17.8 Å². The van der Waals surface area contributed by atoms with Gasteiger partial charge in [-0.25, -0.2) is 9.37 Å². The number of rotatable bonds is 8. The average Bonchev–Trinajstić information content (AvgIpc) is 3.62. The van der Waals surface area contributed by atoms with Gasteiger partial charge in [0.05, 0.1) is 6.04 Å². The van der Waals surface area contributed by atoms with Crippen LogP contribution in [0.2, 0.25) is 0 Å². The van der Waals surface area contributed by atoms with Crippen LogP contribution in [-0.4, -0.2) is 34.8 Å². The molecule has 1 N–H and O–H groups in total. The predicted octanol–water partition coefficient (Wildman–Crippen LogP) is 5.13. The van der Waals surface area contributed by atoms with Crippen LogP contribution in [0.5, 0.6) is 5.75 Å². The lowest BCUT2D eigenvalue weighted by Gasteiger charge is -2.38. The molecular weight excluding hydrogens is 477 g/mol. The summed E-state index contributed by atoms with van der Waals surface area (Å²) in [5.41, 5.74) is 3.25. The molecule has 6 nitrogen and oxygen atoms in total. The van der Waals surface area contributed by atoms with Gasteiger partial charge in [0.15, 0.2) is 0 Å². The molecule has 1 aromatic heterocycles. The van der Waals surface area contributed by atoms with Gasteiger partial charge < -0.3 is 15.0 Å². The average molecular weight is 508 g/mol. The number of thiazole rings is 1. The number of fused-ring (bicyclic) bond motifs is 1. The quantitative estimate of drug-likeness (QED) is 0.459. The fourth-order valence-corrected chi connectivity index (χ4v) is 5.22. The number of benzene rings is 2. The molecule has 8 heteroatoms. The minimum absolute atomic E-state index is 0.0823. The molecule has 1 aliphatic heterocycles. The van der Waals surface area contributed by atoms with Crippen LogP contribution in [0.15, 0.2) is 47.8 Å². The van der Waals surface area contributed by atoms with Crippen molar-refractivity contribution in [1.29, 1.82) is 0 Å². The van der Waals surface area contributed by atoms with E-state index in [0.717, 1.165) is 36.0 Å². The number of aromatic nitrogens is 1. The van der Waals surface area contributed by atoms with E-state index < -0.39 is 0 Å². The Bertz CT molecular complexity index is 1270. The lowest BCUT2D eigenvalue weighted by molar-refractivity contribution is -0.134. The maximum Gasteiger partial charge on any atom is 0.270 e. The van der Waals surface area contributed by atoms with Crippen molar-refractivity contribution in [2.45, 2.75) is 45.8 Å². The lowest BCUT2D eigenvalue weighted by atomic mass is 9.87. The van der Waals surface area contributed by atoms with Gasteiger partial charge in [0.25, 0.3) is 5.91 Å². The molecule has 2 heterocycles. The van der Waals surface area contributed by atoms with Gasteiger partial charge in [0.2, 0.25) is 5.91 Å². The molecule has 2 aromatic carbocycles. The minimum Gasteiger partial charge on any atom is -0.486 e. The van der Waals surface area contributed by atoms with E-state index in [1.807, 2.05) is 43.0 Å². The number of amides is 2. The Morgan fingerprint density at radius 1 is 1.22 bits per heavy atom. The van der Waals surface area contributed by atoms with E-state index in [1.165, 1.54) is 23.5 Å². The third kappa shape index (κ3) is 5.43. The van der Waals surface area contributed by atoms with Gasteiger partial charge in [-0.15, -0.1) is 11.3 Å². The summed E-state index contributed by atoms with van der Waals surface area (Å²) < 4.78 is 20.2. The SMILES string of the molecule is CC(C)CNC(=O)c1csc(COc2ccc3c(c2)[C@@H](c2cccc(F)c2)N(C(=O)C2CC2)CC3)n1. The van der Waals surface area contributed by atoms with Crippen LogP contribution in [0.3, 0.4) is 0 Å². The Hall–Kier alpha value is -3.26. The highest BCUT2D eigenvalue weighted by molar-refractivity contribution is 7.09. The second-order valence-corrected chi connectivity index (χ2v) is 10.8. The second kappa shape index (κ2) is 10.4. The largest absolute Gasteiger partial charge is 0.486 e. The highest BCUT2D eigenvalue weighted by Gasteiger charge is 2.39. The topological polar surface area (TPSA) is 71.5 Å². The van der Waals surface area contributed by atoms with Gasteiger partial charge in [-0.2, -0.15) is 0 Å². The molecule has 5 rings (SSSR count). The number of carbonyl (C=O) groups excluding carboxylic acids is 2. The van der Waals surface area contributed by atoms with Gasteiger partial charge in [-0.1, -0.05) is 32.0 Å². The summed E-state index contributed by atoms with van der Waals surface area (Å²) in [5, 5.41) is 5.32. The van der Waals surface area contributed by atoms with Crippen molar-refractivity contribution < 1.29 is 18.7 Å². The molecule has 188 valence electrons. The minimum atomic E-state index is -0.350. The first-order valence-corrected chi connectivity index (χ1v) is 13.3. The lowest BCUT2D eigenvalue weighted by Crippen LogP contribution is -2.41. The highest BCUT2D eigenvalue weighted by Crippen LogP contribution is 2.41. The molecular formula is C28H30FN3O3S. The molecule has 2 amide bonds. The Balaban J connectivity index is 1.35. The first-order valence-electron chi connectivity index (χ1n) is 12.4. The molecule has 3 aromatic rings. The molecule has 0 spiro atoms. The van der Waals surface area contributed by atoms with Gasteiger partial charge in [-0.05, 0) is 66.1 Å². The van der Waals surface area contributed by atoms with Crippen LogP contribution < -0.4 is 10.1 Å². The van der Waals surface area contributed by atoms with Gasteiger partial charge in [0.1, 0.15) is 28.9 Å². The van der Waals surface area contributed by atoms with E-state index in [4.69, 9.17) is 4.74 Å².